The van der Waals surface area contributed by atoms with Gasteiger partial charge in [0.1, 0.15) is 5.75 Å². The highest BCUT2D eigenvalue weighted by Gasteiger charge is 2.15. The standard InChI is InChI=1S/C16H21N3O2S.ClH/c1-4-5-12(17)15(20)19-16-18-13(9-22-16)11-8-10(2)6-7-14(11)21-3;/h6-9,12H,4-5,17H2,1-3H3,(H,18,19,20);1H. The zero-order valence-electron chi connectivity index (χ0n) is 13.5. The number of thiazole rings is 1. The summed E-state index contributed by atoms with van der Waals surface area (Å²) in [5.74, 6) is 0.565. The first-order valence-electron chi connectivity index (χ1n) is 7.22. The number of ether oxygens (including phenoxy) is 1. The van der Waals surface area contributed by atoms with Gasteiger partial charge in [0.2, 0.25) is 5.91 Å². The lowest BCUT2D eigenvalue weighted by Crippen LogP contribution is -2.35. The maximum Gasteiger partial charge on any atom is 0.243 e. The van der Waals surface area contributed by atoms with Crippen LogP contribution in [0.3, 0.4) is 0 Å². The first-order chi connectivity index (χ1) is 10.5. The molecule has 2 rings (SSSR count). The van der Waals surface area contributed by atoms with Gasteiger partial charge < -0.3 is 15.8 Å². The number of methoxy groups -OCH3 is 1. The number of rotatable bonds is 6. The number of aryl methyl sites for hydroxylation is 1. The number of benzene rings is 1. The van der Waals surface area contributed by atoms with Crippen LogP contribution < -0.4 is 15.8 Å². The molecule has 0 spiro atoms. The van der Waals surface area contributed by atoms with Gasteiger partial charge in [-0.2, -0.15) is 0 Å². The summed E-state index contributed by atoms with van der Waals surface area (Å²) in [6.45, 7) is 4.01. The van der Waals surface area contributed by atoms with Crippen LogP contribution in [0.1, 0.15) is 25.3 Å². The molecular formula is C16H22ClN3O2S. The number of halogens is 1. The average Bonchev–Trinajstić information content (AvgIpc) is 2.95. The Morgan fingerprint density at radius 1 is 1.48 bits per heavy atom. The van der Waals surface area contributed by atoms with E-state index in [0.29, 0.717) is 11.6 Å². The van der Waals surface area contributed by atoms with E-state index in [2.05, 4.69) is 10.3 Å². The molecule has 0 aliphatic heterocycles. The maximum atomic E-state index is 11.9. The molecule has 1 amide bonds. The van der Waals surface area contributed by atoms with Gasteiger partial charge in [-0.05, 0) is 25.5 Å². The second kappa shape index (κ2) is 8.86. The maximum absolute atomic E-state index is 11.9. The Bertz CT molecular complexity index is 661. The third-order valence-corrected chi connectivity index (χ3v) is 4.06. The minimum absolute atomic E-state index is 0. The van der Waals surface area contributed by atoms with Crippen molar-refractivity contribution in [3.8, 4) is 17.0 Å². The quantitative estimate of drug-likeness (QED) is 0.829. The first-order valence-corrected chi connectivity index (χ1v) is 8.10. The third-order valence-electron chi connectivity index (χ3n) is 3.30. The molecule has 0 radical (unpaired) electrons. The van der Waals surface area contributed by atoms with Crippen LogP contribution in [0.5, 0.6) is 5.75 Å². The number of carbonyl (C=O) groups excluding carboxylic acids is 1. The topological polar surface area (TPSA) is 77.2 Å². The largest absolute Gasteiger partial charge is 0.496 e. The van der Waals surface area contributed by atoms with E-state index in [4.69, 9.17) is 10.5 Å². The molecular weight excluding hydrogens is 334 g/mol. The zero-order chi connectivity index (χ0) is 16.1. The number of hydrogen-bond donors (Lipinski definition) is 2. The van der Waals surface area contributed by atoms with E-state index in [1.165, 1.54) is 11.3 Å². The number of aromatic nitrogens is 1. The molecule has 1 heterocycles. The SMILES string of the molecule is CCCC(N)C(=O)Nc1nc(-c2cc(C)ccc2OC)cs1.Cl. The van der Waals surface area contributed by atoms with Crippen molar-refractivity contribution in [3.05, 3.63) is 29.1 Å². The van der Waals surface area contributed by atoms with Gasteiger partial charge in [0.25, 0.3) is 0 Å². The summed E-state index contributed by atoms with van der Waals surface area (Å²) in [7, 11) is 1.63. The molecule has 0 bridgehead atoms. The normalized spacial score (nSPS) is 11.5. The molecule has 0 saturated carbocycles. The number of nitrogens with zero attached hydrogens (tertiary/aromatic N) is 1. The molecule has 2 aromatic rings. The van der Waals surface area contributed by atoms with E-state index in [1.54, 1.807) is 7.11 Å². The minimum Gasteiger partial charge on any atom is -0.496 e. The van der Waals surface area contributed by atoms with Gasteiger partial charge in [-0.3, -0.25) is 4.79 Å². The first kappa shape index (κ1) is 19.4. The van der Waals surface area contributed by atoms with Crippen molar-refractivity contribution in [2.45, 2.75) is 32.7 Å². The minimum atomic E-state index is -0.495. The van der Waals surface area contributed by atoms with Gasteiger partial charge in [-0.15, -0.1) is 23.7 Å². The van der Waals surface area contributed by atoms with E-state index in [1.807, 2.05) is 37.4 Å². The fourth-order valence-corrected chi connectivity index (χ4v) is 2.83. The Morgan fingerprint density at radius 2 is 2.22 bits per heavy atom. The molecule has 23 heavy (non-hydrogen) atoms. The van der Waals surface area contributed by atoms with Crippen molar-refractivity contribution in [2.24, 2.45) is 5.73 Å². The monoisotopic (exact) mass is 355 g/mol. The van der Waals surface area contributed by atoms with Crippen molar-refractivity contribution < 1.29 is 9.53 Å². The average molecular weight is 356 g/mol. The number of carbonyl (C=O) groups is 1. The van der Waals surface area contributed by atoms with Crippen molar-refractivity contribution in [2.75, 3.05) is 12.4 Å². The molecule has 1 unspecified atom stereocenters. The summed E-state index contributed by atoms with van der Waals surface area (Å²) >= 11 is 1.38. The molecule has 7 heteroatoms. The van der Waals surface area contributed by atoms with Crippen molar-refractivity contribution in [1.82, 2.24) is 4.98 Å². The van der Waals surface area contributed by atoms with Gasteiger partial charge in [-0.25, -0.2) is 4.98 Å². The lowest BCUT2D eigenvalue weighted by Gasteiger charge is -2.09. The fourth-order valence-electron chi connectivity index (χ4n) is 2.12. The van der Waals surface area contributed by atoms with E-state index in [-0.39, 0.29) is 18.3 Å². The van der Waals surface area contributed by atoms with E-state index in [0.717, 1.165) is 29.0 Å². The van der Waals surface area contributed by atoms with Crippen molar-refractivity contribution in [3.63, 3.8) is 0 Å². The van der Waals surface area contributed by atoms with Crippen molar-refractivity contribution in [1.29, 1.82) is 0 Å². The van der Waals surface area contributed by atoms with E-state index >= 15 is 0 Å². The summed E-state index contributed by atoms with van der Waals surface area (Å²) in [6, 6.07) is 5.42. The van der Waals surface area contributed by atoms with E-state index < -0.39 is 6.04 Å². The summed E-state index contributed by atoms with van der Waals surface area (Å²) in [5.41, 5.74) is 8.62. The molecule has 0 aliphatic rings. The number of hydrogen-bond acceptors (Lipinski definition) is 5. The van der Waals surface area contributed by atoms with Crippen LogP contribution in [0.2, 0.25) is 0 Å². The Labute approximate surface area is 146 Å². The van der Waals surface area contributed by atoms with Crippen LogP contribution in [-0.2, 0) is 4.79 Å². The molecule has 1 atom stereocenters. The Morgan fingerprint density at radius 3 is 2.87 bits per heavy atom. The summed E-state index contributed by atoms with van der Waals surface area (Å²) in [5, 5.41) is 5.22. The van der Waals surface area contributed by atoms with Gasteiger partial charge in [0.05, 0.1) is 18.8 Å². The second-order valence-corrected chi connectivity index (χ2v) is 5.98. The molecule has 0 fully saturated rings. The molecule has 1 aromatic heterocycles. The molecule has 0 aliphatic carbocycles. The number of amides is 1. The highest BCUT2D eigenvalue weighted by atomic mass is 35.5. The van der Waals surface area contributed by atoms with Crippen LogP contribution in [0.15, 0.2) is 23.6 Å². The Kier molecular flexibility index (Phi) is 7.48. The van der Waals surface area contributed by atoms with Gasteiger partial charge in [-0.1, -0.05) is 25.0 Å². The number of nitrogens with two attached hydrogens (primary N) is 1. The van der Waals surface area contributed by atoms with Gasteiger partial charge in [0.15, 0.2) is 5.13 Å². The Hall–Kier alpha value is -1.63. The molecule has 5 nitrogen and oxygen atoms in total. The smallest absolute Gasteiger partial charge is 0.243 e. The highest BCUT2D eigenvalue weighted by molar-refractivity contribution is 7.14. The number of anilines is 1. The summed E-state index contributed by atoms with van der Waals surface area (Å²) in [6.07, 6.45) is 1.54. The lowest BCUT2D eigenvalue weighted by molar-refractivity contribution is -0.117. The highest BCUT2D eigenvalue weighted by Crippen LogP contribution is 2.32. The van der Waals surface area contributed by atoms with Crippen LogP contribution in [0.4, 0.5) is 5.13 Å². The van der Waals surface area contributed by atoms with E-state index in [9.17, 15) is 4.79 Å². The summed E-state index contributed by atoms with van der Waals surface area (Å²) in [4.78, 5) is 16.4. The van der Waals surface area contributed by atoms with Crippen LogP contribution in [0.25, 0.3) is 11.3 Å². The predicted octanol–water partition coefficient (Wildman–Crippen LogP) is 3.61. The third kappa shape index (κ3) is 4.92. The zero-order valence-corrected chi connectivity index (χ0v) is 15.1. The van der Waals surface area contributed by atoms with Crippen molar-refractivity contribution >= 4 is 34.8 Å². The Balaban J connectivity index is 0.00000264. The van der Waals surface area contributed by atoms with Crippen LogP contribution in [-0.4, -0.2) is 24.0 Å². The van der Waals surface area contributed by atoms with Crippen LogP contribution >= 0.6 is 23.7 Å². The second-order valence-electron chi connectivity index (χ2n) is 5.13. The van der Waals surface area contributed by atoms with Gasteiger partial charge in [0, 0.05) is 10.9 Å². The molecule has 0 saturated heterocycles. The van der Waals surface area contributed by atoms with Crippen LogP contribution in [0, 0.1) is 6.92 Å². The molecule has 126 valence electrons. The summed E-state index contributed by atoms with van der Waals surface area (Å²) < 4.78 is 5.37. The molecule has 1 aromatic carbocycles. The molecule has 3 N–H and O–H groups in total. The fraction of sp³-hybridized carbons (Fsp3) is 0.375. The van der Waals surface area contributed by atoms with Gasteiger partial charge >= 0.3 is 0 Å². The number of nitrogens with one attached hydrogen (secondary N) is 1. The lowest BCUT2D eigenvalue weighted by atomic mass is 10.1. The predicted molar refractivity (Wildman–Crippen MR) is 97.6 cm³/mol.